The Kier molecular flexibility index (Phi) is 9.32. The van der Waals surface area contributed by atoms with E-state index in [1.165, 1.54) is 25.1 Å². The molecular weight excluding hydrogens is 520 g/mol. The third kappa shape index (κ3) is 7.07. The average Bonchev–Trinajstić information content (AvgIpc) is 2.96. The second-order valence-corrected chi connectivity index (χ2v) is 10.4. The Morgan fingerprint density at radius 1 is 1.05 bits per heavy atom. The van der Waals surface area contributed by atoms with Gasteiger partial charge < -0.3 is 15.1 Å². The molecule has 9 nitrogen and oxygen atoms in total. The van der Waals surface area contributed by atoms with E-state index in [-0.39, 0.29) is 41.9 Å². The molecule has 0 aromatic heterocycles. The normalized spacial score (nSPS) is 13.3. The molecule has 0 saturated carbocycles. The van der Waals surface area contributed by atoms with E-state index in [4.69, 9.17) is 0 Å². The SMILES string of the molecule is CC(=O)Nc1ccccc1C1CCN(C(=C=O)CCN(C(=O)c2cccc([N+](=O)[O-])c2)c2ccc(C)cc2C)CC1. The first-order valence-corrected chi connectivity index (χ1v) is 13.7. The molecule has 0 radical (unpaired) electrons. The summed E-state index contributed by atoms with van der Waals surface area (Å²) in [6.07, 6.45) is 1.88. The molecule has 1 N–H and O–H groups in total. The summed E-state index contributed by atoms with van der Waals surface area (Å²) in [4.78, 5) is 51.9. The molecule has 0 bridgehead atoms. The van der Waals surface area contributed by atoms with E-state index < -0.39 is 4.92 Å². The van der Waals surface area contributed by atoms with Gasteiger partial charge in [0.25, 0.3) is 11.6 Å². The van der Waals surface area contributed by atoms with Gasteiger partial charge in [0.2, 0.25) is 5.91 Å². The molecule has 1 heterocycles. The van der Waals surface area contributed by atoms with E-state index in [1.54, 1.807) is 11.0 Å². The number of carbonyl (C=O) groups excluding carboxylic acids is 3. The van der Waals surface area contributed by atoms with Gasteiger partial charge in [-0.3, -0.25) is 19.7 Å². The minimum Gasteiger partial charge on any atom is -0.366 e. The largest absolute Gasteiger partial charge is 0.366 e. The molecule has 1 aliphatic heterocycles. The Morgan fingerprint density at radius 3 is 2.44 bits per heavy atom. The van der Waals surface area contributed by atoms with Crippen molar-refractivity contribution in [2.24, 2.45) is 0 Å². The number of nitro groups is 1. The van der Waals surface area contributed by atoms with Crippen LogP contribution in [-0.4, -0.2) is 47.2 Å². The van der Waals surface area contributed by atoms with Gasteiger partial charge in [0.05, 0.1) is 4.92 Å². The summed E-state index contributed by atoms with van der Waals surface area (Å²) in [5.41, 5.74) is 5.05. The summed E-state index contributed by atoms with van der Waals surface area (Å²) < 4.78 is 0. The maximum Gasteiger partial charge on any atom is 0.270 e. The number of hydrogen-bond acceptors (Lipinski definition) is 6. The van der Waals surface area contributed by atoms with Crippen LogP contribution < -0.4 is 10.2 Å². The molecule has 212 valence electrons. The van der Waals surface area contributed by atoms with Crippen LogP contribution in [0, 0.1) is 24.0 Å². The molecule has 0 atom stereocenters. The van der Waals surface area contributed by atoms with Crippen molar-refractivity contribution in [1.29, 1.82) is 0 Å². The van der Waals surface area contributed by atoms with Gasteiger partial charge in [-0.15, -0.1) is 0 Å². The highest BCUT2D eigenvalue weighted by molar-refractivity contribution is 6.06. The zero-order chi connectivity index (χ0) is 29.5. The van der Waals surface area contributed by atoms with E-state index in [2.05, 4.69) is 11.3 Å². The van der Waals surface area contributed by atoms with Crippen LogP contribution in [0.3, 0.4) is 0 Å². The number of para-hydroxylation sites is 1. The van der Waals surface area contributed by atoms with Crippen LogP contribution >= 0.6 is 0 Å². The number of likely N-dealkylation sites (tertiary alicyclic amines) is 1. The number of aryl methyl sites for hydroxylation is 2. The maximum absolute atomic E-state index is 13.7. The molecule has 1 fully saturated rings. The number of non-ortho nitro benzene ring substituents is 1. The highest BCUT2D eigenvalue weighted by Gasteiger charge is 2.26. The van der Waals surface area contributed by atoms with Crippen LogP contribution in [0.25, 0.3) is 0 Å². The average molecular weight is 555 g/mol. The van der Waals surface area contributed by atoms with Crippen molar-refractivity contribution in [1.82, 2.24) is 4.90 Å². The Hall–Kier alpha value is -4.75. The van der Waals surface area contributed by atoms with Gasteiger partial charge in [-0.2, -0.15) is 0 Å². The number of nitro benzene ring substituents is 1. The lowest BCUT2D eigenvalue weighted by Crippen LogP contribution is -2.37. The number of hydrogen-bond donors (Lipinski definition) is 1. The van der Waals surface area contributed by atoms with Gasteiger partial charge in [0.15, 0.2) is 0 Å². The lowest BCUT2D eigenvalue weighted by Gasteiger charge is -2.35. The van der Waals surface area contributed by atoms with Gasteiger partial charge >= 0.3 is 0 Å². The van der Waals surface area contributed by atoms with Gasteiger partial charge in [-0.1, -0.05) is 42.0 Å². The van der Waals surface area contributed by atoms with Crippen molar-refractivity contribution in [3.05, 3.63) is 105 Å². The first-order chi connectivity index (χ1) is 19.7. The van der Waals surface area contributed by atoms with E-state index in [0.717, 1.165) is 35.2 Å². The molecule has 3 aromatic carbocycles. The lowest BCUT2D eigenvalue weighted by atomic mass is 9.88. The number of anilines is 2. The van der Waals surface area contributed by atoms with Crippen molar-refractivity contribution < 1.29 is 19.3 Å². The van der Waals surface area contributed by atoms with Crippen molar-refractivity contribution in [3.63, 3.8) is 0 Å². The summed E-state index contributed by atoms with van der Waals surface area (Å²) in [6.45, 7) is 6.87. The highest BCUT2D eigenvalue weighted by Crippen LogP contribution is 2.34. The van der Waals surface area contributed by atoms with Crippen LogP contribution in [0.15, 0.2) is 72.4 Å². The Labute approximate surface area is 239 Å². The third-order valence-electron chi connectivity index (χ3n) is 7.47. The smallest absolute Gasteiger partial charge is 0.270 e. The molecule has 1 aliphatic rings. The van der Waals surface area contributed by atoms with Gasteiger partial charge in [-0.05, 0) is 61.9 Å². The van der Waals surface area contributed by atoms with Crippen LogP contribution in [0.5, 0.6) is 0 Å². The van der Waals surface area contributed by atoms with E-state index in [0.29, 0.717) is 24.5 Å². The highest BCUT2D eigenvalue weighted by atomic mass is 16.6. The summed E-state index contributed by atoms with van der Waals surface area (Å²) in [5, 5.41) is 14.2. The van der Waals surface area contributed by atoms with E-state index >= 15 is 0 Å². The van der Waals surface area contributed by atoms with Crippen LogP contribution in [0.1, 0.15) is 59.2 Å². The number of piperidine rings is 1. The predicted molar refractivity (Wildman–Crippen MR) is 159 cm³/mol. The van der Waals surface area contributed by atoms with Crippen LogP contribution in [-0.2, 0) is 9.59 Å². The fourth-order valence-electron chi connectivity index (χ4n) is 5.46. The van der Waals surface area contributed by atoms with Gasteiger partial charge in [0.1, 0.15) is 11.6 Å². The van der Waals surface area contributed by atoms with Crippen molar-refractivity contribution >= 4 is 34.8 Å². The third-order valence-corrected chi connectivity index (χ3v) is 7.47. The number of nitrogens with one attached hydrogen (secondary N) is 1. The van der Waals surface area contributed by atoms with Crippen molar-refractivity contribution in [3.8, 4) is 0 Å². The van der Waals surface area contributed by atoms with Crippen molar-refractivity contribution in [2.75, 3.05) is 29.9 Å². The molecule has 9 heteroatoms. The zero-order valence-electron chi connectivity index (χ0n) is 23.6. The Bertz CT molecular complexity index is 1500. The summed E-state index contributed by atoms with van der Waals surface area (Å²) in [7, 11) is 0. The molecule has 0 unspecified atom stereocenters. The summed E-state index contributed by atoms with van der Waals surface area (Å²) in [5.74, 6) is 1.85. The molecule has 1 saturated heterocycles. The number of amides is 2. The quantitative estimate of drug-likeness (QED) is 0.203. The van der Waals surface area contributed by atoms with Crippen LogP contribution in [0.2, 0.25) is 0 Å². The first-order valence-electron chi connectivity index (χ1n) is 13.7. The summed E-state index contributed by atoms with van der Waals surface area (Å²) in [6, 6.07) is 19.2. The number of benzene rings is 3. The molecule has 0 aliphatic carbocycles. The monoisotopic (exact) mass is 554 g/mol. The fourth-order valence-corrected chi connectivity index (χ4v) is 5.46. The molecule has 3 aromatic rings. The van der Waals surface area contributed by atoms with Gasteiger partial charge in [0, 0.05) is 62.0 Å². The van der Waals surface area contributed by atoms with Crippen molar-refractivity contribution in [2.45, 2.75) is 46.0 Å². The van der Waals surface area contributed by atoms with Crippen LogP contribution in [0.4, 0.5) is 17.1 Å². The molecule has 2 amide bonds. The minimum absolute atomic E-state index is 0.117. The van der Waals surface area contributed by atoms with Gasteiger partial charge in [-0.25, -0.2) is 4.79 Å². The summed E-state index contributed by atoms with van der Waals surface area (Å²) >= 11 is 0. The molecule has 41 heavy (non-hydrogen) atoms. The number of rotatable bonds is 9. The molecule has 4 rings (SSSR count). The fraction of sp³-hybridized carbons (Fsp3) is 0.312. The number of nitrogens with zero attached hydrogens (tertiary/aromatic N) is 3. The molecule has 0 spiro atoms. The van der Waals surface area contributed by atoms with E-state index in [9.17, 15) is 24.5 Å². The minimum atomic E-state index is -0.524. The molecular formula is C32H34N4O5. The van der Waals surface area contributed by atoms with E-state index in [1.807, 2.05) is 61.2 Å². The second-order valence-electron chi connectivity index (χ2n) is 10.4. The zero-order valence-corrected chi connectivity index (χ0v) is 23.6. The lowest BCUT2D eigenvalue weighted by molar-refractivity contribution is -0.384. The Balaban J connectivity index is 1.51. The number of carbonyl (C=O) groups is 2. The first kappa shape index (κ1) is 29.2. The predicted octanol–water partition coefficient (Wildman–Crippen LogP) is 5.80. The maximum atomic E-state index is 13.7. The topological polar surface area (TPSA) is 113 Å². The second kappa shape index (κ2) is 13.1. The standard InChI is InChI=1S/C32H34N4O5/c1-22-11-12-31(23(2)19-22)35(32(39)26-7-6-8-27(20-26)36(40)41)18-15-28(21-37)34-16-13-25(14-17-34)29-9-4-5-10-30(29)33-24(3)38/h4-12,19-20,25H,13-18H2,1-3H3,(H,33,38). The Morgan fingerprint density at radius 2 is 1.78 bits per heavy atom.